The minimum atomic E-state index is -0.654. The number of likely N-dealkylation sites (N-methyl/N-ethyl adjacent to an activating group) is 1. The molecule has 1 rings (SSSR count). The highest BCUT2D eigenvalue weighted by Gasteiger charge is 2.26. The summed E-state index contributed by atoms with van der Waals surface area (Å²) in [5.74, 6) is -0.595. The summed E-state index contributed by atoms with van der Waals surface area (Å²) in [7, 11) is 1.55. The molecule has 0 fully saturated rings. The second-order valence-electron chi connectivity index (χ2n) is 6.74. The van der Waals surface area contributed by atoms with Crippen molar-refractivity contribution >= 4 is 40.2 Å². The molecule has 0 radical (unpaired) electrons. The predicted molar refractivity (Wildman–Crippen MR) is 107 cm³/mol. The maximum absolute atomic E-state index is 12.6. The molecule has 0 saturated carbocycles. The first-order chi connectivity index (χ1) is 11.7. The van der Waals surface area contributed by atoms with Crippen LogP contribution in [0.15, 0.2) is 24.3 Å². The fraction of sp³-hybridized carbons (Fsp3) is 0.526. The van der Waals surface area contributed by atoms with E-state index >= 15 is 0 Å². The Morgan fingerprint density at radius 2 is 1.68 bits per heavy atom. The Morgan fingerprint density at radius 3 is 2.16 bits per heavy atom. The summed E-state index contributed by atoms with van der Waals surface area (Å²) in [6.07, 6.45) is 1.24. The number of rotatable bonds is 9. The Morgan fingerprint density at radius 1 is 1.08 bits per heavy atom. The average Bonchev–Trinajstić information content (AvgIpc) is 2.53. The van der Waals surface area contributed by atoms with Gasteiger partial charge in [-0.15, -0.1) is 0 Å². The van der Waals surface area contributed by atoms with E-state index < -0.39 is 12.0 Å². The molecule has 0 unspecified atom stereocenters. The molecule has 1 aromatic carbocycles. The smallest absolute Gasteiger partial charge is 0.242 e. The lowest BCUT2D eigenvalue weighted by Crippen LogP contribution is -2.49. The molecule has 0 heterocycles. The molecule has 25 heavy (non-hydrogen) atoms. The summed E-state index contributed by atoms with van der Waals surface area (Å²) in [5, 5.41) is 5.44. The van der Waals surface area contributed by atoms with Crippen LogP contribution in [0.25, 0.3) is 0 Å². The highest BCUT2D eigenvalue weighted by molar-refractivity contribution is 14.1. The van der Waals surface area contributed by atoms with Crippen LogP contribution >= 0.6 is 22.6 Å². The van der Waals surface area contributed by atoms with Gasteiger partial charge in [-0.25, -0.2) is 0 Å². The molecule has 6 heteroatoms. The topological polar surface area (TPSA) is 75.3 Å². The second kappa shape index (κ2) is 10.5. The normalized spacial score (nSPS) is 13.2. The van der Waals surface area contributed by atoms with Gasteiger partial charge in [0.15, 0.2) is 0 Å². The van der Waals surface area contributed by atoms with Crippen molar-refractivity contribution in [1.29, 1.82) is 0 Å². The Balaban J connectivity index is 2.87. The molecule has 0 bridgehead atoms. The van der Waals surface area contributed by atoms with Gasteiger partial charge < -0.3 is 15.4 Å². The maximum Gasteiger partial charge on any atom is 0.242 e. The summed E-state index contributed by atoms with van der Waals surface area (Å²) in [4.78, 5) is 36.3. The number of benzene rings is 1. The van der Waals surface area contributed by atoms with Gasteiger partial charge >= 0.3 is 0 Å². The van der Waals surface area contributed by atoms with E-state index in [1.165, 1.54) is 6.92 Å². The number of carbonyl (C=O) groups excluding carboxylic acids is 3. The number of carbonyl (C=O) groups is 3. The van der Waals surface area contributed by atoms with Crippen LogP contribution in [-0.2, 0) is 20.8 Å². The third-order valence-corrected chi connectivity index (χ3v) is 4.61. The summed E-state index contributed by atoms with van der Waals surface area (Å²) in [5.41, 5.74) is 0.973. The lowest BCUT2D eigenvalue weighted by molar-refractivity contribution is -0.133. The molecular formula is C19H27IN2O3. The van der Waals surface area contributed by atoms with Crippen LogP contribution in [0.5, 0.6) is 0 Å². The molecule has 0 aliphatic heterocycles. The number of Topliss-reactive ketones (excluding diaryl/α,β-unsaturated/α-hetero) is 1. The fourth-order valence-electron chi connectivity index (χ4n) is 2.73. The monoisotopic (exact) mass is 458 g/mol. The molecule has 1 aromatic rings. The second-order valence-corrected chi connectivity index (χ2v) is 7.98. The van der Waals surface area contributed by atoms with Crippen molar-refractivity contribution < 1.29 is 14.4 Å². The molecule has 2 N–H and O–H groups in total. The third kappa shape index (κ3) is 7.98. The SMILES string of the molecule is CNC(=O)[C@H](Cc1ccc(I)cc1)NC(=O)[C@@H](CC(C)=O)CC(C)C. The third-order valence-electron chi connectivity index (χ3n) is 3.89. The Hall–Kier alpha value is -1.44. The lowest BCUT2D eigenvalue weighted by atomic mass is 9.91. The minimum Gasteiger partial charge on any atom is -0.357 e. The molecule has 0 spiro atoms. The van der Waals surface area contributed by atoms with E-state index in [9.17, 15) is 14.4 Å². The number of amides is 2. The molecule has 138 valence electrons. The van der Waals surface area contributed by atoms with Crippen molar-refractivity contribution in [2.24, 2.45) is 11.8 Å². The Bertz CT molecular complexity index is 599. The van der Waals surface area contributed by atoms with Gasteiger partial charge in [-0.05, 0) is 59.5 Å². The zero-order chi connectivity index (χ0) is 19.0. The number of halogens is 1. The van der Waals surface area contributed by atoms with Gasteiger partial charge in [0.2, 0.25) is 11.8 Å². The Kier molecular flexibility index (Phi) is 9.10. The first-order valence-corrected chi connectivity index (χ1v) is 9.56. The summed E-state index contributed by atoms with van der Waals surface area (Å²) in [6.45, 7) is 5.52. The van der Waals surface area contributed by atoms with Crippen molar-refractivity contribution in [2.75, 3.05) is 7.05 Å². The van der Waals surface area contributed by atoms with E-state index in [1.807, 2.05) is 38.1 Å². The van der Waals surface area contributed by atoms with Crippen LogP contribution in [0.3, 0.4) is 0 Å². The van der Waals surface area contributed by atoms with Crippen molar-refractivity contribution in [3.8, 4) is 0 Å². The number of hydrogen-bond acceptors (Lipinski definition) is 3. The highest BCUT2D eigenvalue weighted by atomic mass is 127. The summed E-state index contributed by atoms with van der Waals surface area (Å²) < 4.78 is 1.11. The molecular weight excluding hydrogens is 431 g/mol. The predicted octanol–water partition coefficient (Wildman–Crippen LogP) is 2.71. The van der Waals surface area contributed by atoms with Gasteiger partial charge in [0.25, 0.3) is 0 Å². The molecule has 5 nitrogen and oxygen atoms in total. The first-order valence-electron chi connectivity index (χ1n) is 8.48. The average molecular weight is 458 g/mol. The molecule has 0 aliphatic carbocycles. The summed E-state index contributed by atoms with van der Waals surface area (Å²) >= 11 is 2.22. The van der Waals surface area contributed by atoms with E-state index in [0.717, 1.165) is 9.13 Å². The van der Waals surface area contributed by atoms with E-state index in [1.54, 1.807) is 7.05 Å². The van der Waals surface area contributed by atoms with E-state index in [0.29, 0.717) is 18.8 Å². The maximum atomic E-state index is 12.6. The summed E-state index contributed by atoms with van der Waals surface area (Å²) in [6, 6.07) is 7.18. The van der Waals surface area contributed by atoms with Crippen LogP contribution in [0, 0.1) is 15.4 Å². The molecule has 0 saturated heterocycles. The van der Waals surface area contributed by atoms with Crippen molar-refractivity contribution in [3.63, 3.8) is 0 Å². The van der Waals surface area contributed by atoms with Crippen molar-refractivity contribution in [2.45, 2.75) is 46.1 Å². The van der Waals surface area contributed by atoms with Crippen LogP contribution in [0.1, 0.15) is 39.2 Å². The zero-order valence-corrected chi connectivity index (χ0v) is 17.4. The van der Waals surface area contributed by atoms with Crippen molar-refractivity contribution in [1.82, 2.24) is 10.6 Å². The van der Waals surface area contributed by atoms with Gasteiger partial charge in [0.05, 0.1) is 0 Å². The quantitative estimate of drug-likeness (QED) is 0.559. The van der Waals surface area contributed by atoms with Crippen LogP contribution in [0.4, 0.5) is 0 Å². The lowest BCUT2D eigenvalue weighted by Gasteiger charge is -2.22. The van der Waals surface area contributed by atoms with E-state index in [2.05, 4.69) is 33.2 Å². The van der Waals surface area contributed by atoms with Gasteiger partial charge in [0.1, 0.15) is 11.8 Å². The van der Waals surface area contributed by atoms with Gasteiger partial charge in [0, 0.05) is 29.4 Å². The van der Waals surface area contributed by atoms with Gasteiger partial charge in [-0.1, -0.05) is 26.0 Å². The largest absolute Gasteiger partial charge is 0.357 e. The van der Waals surface area contributed by atoms with Gasteiger partial charge in [-0.3, -0.25) is 9.59 Å². The number of hydrogen-bond donors (Lipinski definition) is 2. The molecule has 2 amide bonds. The number of nitrogens with one attached hydrogen (secondary N) is 2. The van der Waals surface area contributed by atoms with Crippen molar-refractivity contribution in [3.05, 3.63) is 33.4 Å². The minimum absolute atomic E-state index is 0.0186. The molecule has 0 aliphatic rings. The fourth-order valence-corrected chi connectivity index (χ4v) is 3.09. The van der Waals surface area contributed by atoms with E-state index in [4.69, 9.17) is 0 Å². The van der Waals surface area contributed by atoms with Crippen LogP contribution in [0.2, 0.25) is 0 Å². The van der Waals surface area contributed by atoms with Gasteiger partial charge in [-0.2, -0.15) is 0 Å². The Labute approximate surface area is 163 Å². The van der Waals surface area contributed by atoms with Crippen LogP contribution < -0.4 is 10.6 Å². The molecule has 2 atom stereocenters. The number of ketones is 1. The van der Waals surface area contributed by atoms with Crippen LogP contribution in [-0.4, -0.2) is 30.7 Å². The van der Waals surface area contributed by atoms with E-state index in [-0.39, 0.29) is 24.0 Å². The standard InChI is InChI=1S/C19H27IN2O3/c1-12(2)9-15(10-13(3)23)18(24)22-17(19(25)21-4)11-14-5-7-16(20)8-6-14/h5-8,12,15,17H,9-11H2,1-4H3,(H,21,25)(H,22,24)/t15-,17+/m1/s1. The highest BCUT2D eigenvalue weighted by Crippen LogP contribution is 2.17. The molecule has 0 aromatic heterocycles. The first kappa shape index (κ1) is 21.6. The zero-order valence-electron chi connectivity index (χ0n) is 15.3.